The summed E-state index contributed by atoms with van der Waals surface area (Å²) in [6, 6.07) is 14.9. The zero-order valence-electron chi connectivity index (χ0n) is 17.6. The summed E-state index contributed by atoms with van der Waals surface area (Å²) in [4.78, 5) is 51.8. The van der Waals surface area contributed by atoms with Crippen molar-refractivity contribution in [2.45, 2.75) is 25.8 Å². The van der Waals surface area contributed by atoms with Gasteiger partial charge >= 0.3 is 5.97 Å². The number of aliphatic carboxylic acids is 1. The number of anilines is 1. The molecule has 0 radical (unpaired) electrons. The van der Waals surface area contributed by atoms with Crippen LogP contribution in [0.2, 0.25) is 0 Å². The summed E-state index contributed by atoms with van der Waals surface area (Å²) in [5.74, 6) is -2.24. The van der Waals surface area contributed by atoms with E-state index in [1.54, 1.807) is 24.3 Å². The van der Waals surface area contributed by atoms with E-state index in [4.69, 9.17) is 9.84 Å². The Morgan fingerprint density at radius 2 is 1.78 bits per heavy atom. The van der Waals surface area contributed by atoms with Crippen molar-refractivity contribution in [1.29, 1.82) is 0 Å². The maximum absolute atomic E-state index is 13.2. The van der Waals surface area contributed by atoms with E-state index < -0.39 is 29.7 Å². The van der Waals surface area contributed by atoms with Gasteiger partial charge < -0.3 is 14.7 Å². The minimum Gasteiger partial charge on any atom is -0.494 e. The number of benzene rings is 2. The highest BCUT2D eigenvalue weighted by Gasteiger charge is 2.43. The number of carbonyl (C=O) groups excluding carboxylic acids is 3. The predicted octanol–water partition coefficient (Wildman–Crippen LogP) is 2.43. The van der Waals surface area contributed by atoms with Crippen LogP contribution in [0.15, 0.2) is 66.7 Å². The number of rotatable bonds is 9. The lowest BCUT2D eigenvalue weighted by Gasteiger charge is -2.26. The molecule has 2 aromatic rings. The van der Waals surface area contributed by atoms with Gasteiger partial charge in [0.05, 0.1) is 18.7 Å². The highest BCUT2D eigenvalue weighted by Crippen LogP contribution is 2.28. The summed E-state index contributed by atoms with van der Waals surface area (Å²) >= 11 is 0. The maximum Gasteiger partial charge on any atom is 0.328 e. The standard InChI is InChI=1S/C24H24N2O6/c1-2-32-19-10-8-18(9-11-19)26-22(28)16-20(24(26)31)25(21(27)12-13-23(29)30)15-14-17-6-4-3-5-7-17/h3-13,20H,2,14-16H2,1H3,(H,29,30)/b13-12+. The normalized spacial score (nSPS) is 15.9. The Bertz CT molecular complexity index is 1020. The third-order valence-electron chi connectivity index (χ3n) is 5.04. The van der Waals surface area contributed by atoms with Crippen molar-refractivity contribution in [2.75, 3.05) is 18.1 Å². The number of carboxylic acid groups (broad SMARTS) is 1. The highest BCUT2D eigenvalue weighted by atomic mass is 16.5. The number of amides is 3. The molecule has 3 rings (SSSR count). The predicted molar refractivity (Wildman–Crippen MR) is 117 cm³/mol. The molecule has 1 saturated heterocycles. The van der Waals surface area contributed by atoms with Crippen molar-refractivity contribution in [3.63, 3.8) is 0 Å². The Kier molecular flexibility index (Phi) is 7.38. The van der Waals surface area contributed by atoms with Crippen LogP contribution in [0.3, 0.4) is 0 Å². The Balaban J connectivity index is 1.83. The van der Waals surface area contributed by atoms with Crippen molar-refractivity contribution >= 4 is 29.4 Å². The van der Waals surface area contributed by atoms with Gasteiger partial charge in [0.1, 0.15) is 11.8 Å². The molecule has 0 saturated carbocycles. The van der Waals surface area contributed by atoms with Crippen molar-refractivity contribution in [2.24, 2.45) is 0 Å². The van der Waals surface area contributed by atoms with Gasteiger partial charge in [0.2, 0.25) is 11.8 Å². The van der Waals surface area contributed by atoms with E-state index >= 15 is 0 Å². The topological polar surface area (TPSA) is 104 Å². The van der Waals surface area contributed by atoms with E-state index in [0.29, 0.717) is 24.5 Å². The fourth-order valence-corrected chi connectivity index (χ4v) is 3.54. The molecule has 1 aliphatic rings. The van der Waals surface area contributed by atoms with Gasteiger partial charge in [0.25, 0.3) is 5.91 Å². The Morgan fingerprint density at radius 1 is 1.09 bits per heavy atom. The number of ether oxygens (including phenoxy) is 1. The van der Waals surface area contributed by atoms with Gasteiger partial charge in [-0.05, 0) is 43.2 Å². The van der Waals surface area contributed by atoms with Crippen molar-refractivity contribution in [1.82, 2.24) is 4.90 Å². The number of hydrogen-bond donors (Lipinski definition) is 1. The Morgan fingerprint density at radius 3 is 2.41 bits per heavy atom. The van der Waals surface area contributed by atoms with E-state index in [0.717, 1.165) is 22.6 Å². The molecule has 3 amide bonds. The molecule has 0 spiro atoms. The van der Waals surface area contributed by atoms with Crippen molar-refractivity contribution < 1.29 is 29.0 Å². The number of carboxylic acids is 1. The zero-order valence-corrected chi connectivity index (χ0v) is 17.6. The van der Waals surface area contributed by atoms with Crippen molar-refractivity contribution in [3.8, 4) is 5.75 Å². The van der Waals surface area contributed by atoms with E-state index in [-0.39, 0.29) is 13.0 Å². The van der Waals surface area contributed by atoms with E-state index in [2.05, 4.69) is 0 Å². The van der Waals surface area contributed by atoms with Gasteiger partial charge in [-0.2, -0.15) is 0 Å². The highest BCUT2D eigenvalue weighted by molar-refractivity contribution is 6.23. The summed E-state index contributed by atoms with van der Waals surface area (Å²) in [5, 5.41) is 8.87. The summed E-state index contributed by atoms with van der Waals surface area (Å²) in [6.07, 6.45) is 1.91. The molecule has 1 aliphatic heterocycles. The molecule has 1 unspecified atom stereocenters. The number of imide groups is 1. The van der Waals surface area contributed by atoms with Gasteiger partial charge in [-0.3, -0.25) is 14.4 Å². The lowest BCUT2D eigenvalue weighted by Crippen LogP contribution is -2.45. The lowest BCUT2D eigenvalue weighted by atomic mass is 10.1. The Hall–Kier alpha value is -3.94. The van der Waals surface area contributed by atoms with Crippen LogP contribution < -0.4 is 9.64 Å². The van der Waals surface area contributed by atoms with Crippen LogP contribution in [0.1, 0.15) is 18.9 Å². The molecule has 2 aromatic carbocycles. The van der Waals surface area contributed by atoms with Crippen LogP contribution in [0, 0.1) is 0 Å². The third-order valence-corrected chi connectivity index (χ3v) is 5.04. The van der Waals surface area contributed by atoms with Crippen LogP contribution in [0.25, 0.3) is 0 Å². The van der Waals surface area contributed by atoms with E-state index in [1.165, 1.54) is 4.90 Å². The minimum atomic E-state index is -1.27. The number of hydrogen-bond acceptors (Lipinski definition) is 5. The molecule has 8 nitrogen and oxygen atoms in total. The van der Waals surface area contributed by atoms with Gasteiger partial charge in [-0.15, -0.1) is 0 Å². The first kappa shape index (κ1) is 22.7. The van der Waals surface area contributed by atoms with Gasteiger partial charge in [0, 0.05) is 18.7 Å². The SMILES string of the molecule is CCOc1ccc(N2C(=O)CC(N(CCc3ccccc3)C(=O)/C=C/C(=O)O)C2=O)cc1. The maximum atomic E-state index is 13.2. The van der Waals surface area contributed by atoms with E-state index in [9.17, 15) is 19.2 Å². The average Bonchev–Trinajstić information content (AvgIpc) is 3.07. The second-order valence-corrected chi connectivity index (χ2v) is 7.15. The van der Waals surface area contributed by atoms with Gasteiger partial charge in [-0.1, -0.05) is 30.3 Å². The van der Waals surface area contributed by atoms with Gasteiger partial charge in [-0.25, -0.2) is 9.69 Å². The quantitative estimate of drug-likeness (QED) is 0.478. The third kappa shape index (κ3) is 5.40. The summed E-state index contributed by atoms with van der Waals surface area (Å²) < 4.78 is 5.39. The fraction of sp³-hybridized carbons (Fsp3) is 0.250. The number of nitrogens with zero attached hydrogens (tertiary/aromatic N) is 2. The molecule has 1 fully saturated rings. The monoisotopic (exact) mass is 436 g/mol. The van der Waals surface area contributed by atoms with Crippen LogP contribution in [-0.2, 0) is 25.6 Å². The van der Waals surface area contributed by atoms with Crippen LogP contribution in [-0.4, -0.2) is 52.9 Å². The molecule has 0 bridgehead atoms. The smallest absolute Gasteiger partial charge is 0.328 e. The lowest BCUT2D eigenvalue weighted by molar-refractivity contribution is -0.135. The second-order valence-electron chi connectivity index (χ2n) is 7.15. The minimum absolute atomic E-state index is 0.160. The van der Waals surface area contributed by atoms with Crippen LogP contribution in [0.5, 0.6) is 5.75 Å². The van der Waals surface area contributed by atoms with E-state index in [1.807, 2.05) is 37.3 Å². The molecule has 8 heteroatoms. The number of carbonyl (C=O) groups is 4. The van der Waals surface area contributed by atoms with Crippen LogP contribution >= 0.6 is 0 Å². The molecule has 1 heterocycles. The molecule has 1 N–H and O–H groups in total. The largest absolute Gasteiger partial charge is 0.494 e. The van der Waals surface area contributed by atoms with Crippen molar-refractivity contribution in [3.05, 3.63) is 72.3 Å². The summed E-state index contributed by atoms with van der Waals surface area (Å²) in [5.41, 5.74) is 1.34. The first-order valence-electron chi connectivity index (χ1n) is 10.3. The molecule has 32 heavy (non-hydrogen) atoms. The fourth-order valence-electron chi connectivity index (χ4n) is 3.54. The second kappa shape index (κ2) is 10.4. The first-order chi connectivity index (χ1) is 15.4. The molecule has 166 valence electrons. The summed E-state index contributed by atoms with van der Waals surface area (Å²) in [6.45, 7) is 2.50. The molecular formula is C24H24N2O6. The molecule has 0 aliphatic carbocycles. The zero-order chi connectivity index (χ0) is 23.1. The molecule has 1 atom stereocenters. The molecular weight excluding hydrogens is 412 g/mol. The summed E-state index contributed by atoms with van der Waals surface area (Å²) in [7, 11) is 0. The first-order valence-corrected chi connectivity index (χ1v) is 10.3. The Labute approximate surface area is 185 Å². The van der Waals surface area contributed by atoms with Crippen LogP contribution in [0.4, 0.5) is 5.69 Å². The molecule has 0 aromatic heterocycles. The average molecular weight is 436 g/mol. The van der Waals surface area contributed by atoms with Gasteiger partial charge in [0.15, 0.2) is 0 Å².